The smallest absolute Gasteiger partial charge is 0.369 e. The number of rotatable bonds is 12. The number of Topliss-reactive ketones (excluding diaryl/α,β-unsaturated/α-hetero) is 1. The van der Waals surface area contributed by atoms with Gasteiger partial charge in [0.15, 0.2) is 0 Å². The van der Waals surface area contributed by atoms with Crippen LogP contribution in [0.3, 0.4) is 0 Å². The molecule has 1 aliphatic heterocycles. The summed E-state index contributed by atoms with van der Waals surface area (Å²) in [6, 6.07) is 5.05. The van der Waals surface area contributed by atoms with Crippen LogP contribution in [-0.4, -0.2) is 84.8 Å². The number of benzene rings is 1. The van der Waals surface area contributed by atoms with E-state index in [1.165, 1.54) is 6.07 Å². The molecule has 2 aromatic rings. The van der Waals surface area contributed by atoms with Crippen molar-refractivity contribution in [1.29, 1.82) is 0 Å². The predicted molar refractivity (Wildman–Crippen MR) is 145 cm³/mol. The minimum Gasteiger partial charge on any atom is -0.369 e. The molecule has 0 radical (unpaired) electrons. The second kappa shape index (κ2) is 13.1. The second-order valence-corrected chi connectivity index (χ2v) is 10.7. The Morgan fingerprint density at radius 3 is 2.54 bits per heavy atom. The summed E-state index contributed by atoms with van der Waals surface area (Å²) in [5.74, 6) is 0.558. The van der Waals surface area contributed by atoms with Gasteiger partial charge in [-0.3, -0.25) is 9.59 Å². The quantitative estimate of drug-likeness (QED) is 0.404. The fourth-order valence-electron chi connectivity index (χ4n) is 4.64. The molecule has 1 aromatic heterocycles. The Labute approximate surface area is 232 Å². The Hall–Kier alpha value is -2.76. The molecule has 1 atom stereocenters. The number of likely N-dealkylation sites (tertiary alicyclic amines) is 1. The van der Waals surface area contributed by atoms with Crippen molar-refractivity contribution in [2.45, 2.75) is 39.3 Å². The number of aromatic nitrogens is 2. The lowest BCUT2D eigenvalue weighted by Gasteiger charge is -2.29. The van der Waals surface area contributed by atoms with E-state index < -0.39 is 22.2 Å². The maximum Gasteiger partial charge on any atom is 0.417 e. The van der Waals surface area contributed by atoms with Crippen molar-refractivity contribution < 1.29 is 22.8 Å². The Morgan fingerprint density at radius 1 is 1.18 bits per heavy atom. The number of anilines is 1. The van der Waals surface area contributed by atoms with Gasteiger partial charge in [-0.25, -0.2) is 9.97 Å². The summed E-state index contributed by atoms with van der Waals surface area (Å²) in [6.45, 7) is 7.86. The first-order valence-corrected chi connectivity index (χ1v) is 13.3. The van der Waals surface area contributed by atoms with Crippen LogP contribution in [0.4, 0.5) is 19.0 Å². The maximum atomic E-state index is 13.2. The highest BCUT2D eigenvalue weighted by atomic mass is 35.5. The summed E-state index contributed by atoms with van der Waals surface area (Å²) in [5.41, 5.74) is -0.516. The highest BCUT2D eigenvalue weighted by molar-refractivity contribution is 6.31. The maximum absolute atomic E-state index is 13.2. The number of nitrogens with one attached hydrogen (secondary N) is 2. The molecule has 2 N–H and O–H groups in total. The Kier molecular flexibility index (Phi) is 10.3. The molecular weight excluding hydrogens is 533 g/mol. The third kappa shape index (κ3) is 8.61. The Balaban J connectivity index is 1.67. The number of halogens is 4. The first-order valence-electron chi connectivity index (χ1n) is 12.9. The highest BCUT2D eigenvalue weighted by Crippen LogP contribution is 2.35. The molecule has 1 fully saturated rings. The SMILES string of the molecule is CCN1CCC(CNc2cc(C)nc(CC(=O)Cc3ccc(C(F)(F)F)c(Cl)c3)n2)(C(=O)NCCN(C)C)C1. The zero-order valence-electron chi connectivity index (χ0n) is 22.8. The van der Waals surface area contributed by atoms with Gasteiger partial charge in [-0.15, -0.1) is 0 Å². The van der Waals surface area contributed by atoms with E-state index >= 15 is 0 Å². The number of hydrogen-bond donors (Lipinski definition) is 2. The second-order valence-electron chi connectivity index (χ2n) is 10.3. The number of carbonyl (C=O) groups is 2. The third-order valence-electron chi connectivity index (χ3n) is 6.81. The van der Waals surface area contributed by atoms with Crippen LogP contribution in [0.5, 0.6) is 0 Å². The number of hydrogen-bond acceptors (Lipinski definition) is 7. The Bertz CT molecular complexity index is 1180. The van der Waals surface area contributed by atoms with Crippen LogP contribution < -0.4 is 10.6 Å². The van der Waals surface area contributed by atoms with E-state index in [-0.39, 0.29) is 24.5 Å². The minimum atomic E-state index is -4.56. The van der Waals surface area contributed by atoms with E-state index in [1.54, 1.807) is 13.0 Å². The molecule has 1 saturated heterocycles. The van der Waals surface area contributed by atoms with E-state index in [1.807, 2.05) is 19.0 Å². The average Bonchev–Trinajstić information content (AvgIpc) is 3.26. The summed E-state index contributed by atoms with van der Waals surface area (Å²) in [7, 11) is 3.91. The molecule has 39 heavy (non-hydrogen) atoms. The number of carbonyl (C=O) groups excluding carboxylic acids is 2. The highest BCUT2D eigenvalue weighted by Gasteiger charge is 2.44. The van der Waals surface area contributed by atoms with Gasteiger partial charge in [-0.2, -0.15) is 13.2 Å². The summed E-state index contributed by atoms with van der Waals surface area (Å²) in [5, 5.41) is 5.92. The van der Waals surface area contributed by atoms with E-state index in [0.29, 0.717) is 49.0 Å². The van der Waals surface area contributed by atoms with Gasteiger partial charge in [0.25, 0.3) is 0 Å². The molecule has 12 heteroatoms. The zero-order valence-corrected chi connectivity index (χ0v) is 23.5. The van der Waals surface area contributed by atoms with Crippen LogP contribution in [0.2, 0.25) is 5.02 Å². The molecule has 1 amide bonds. The largest absolute Gasteiger partial charge is 0.417 e. The molecule has 3 rings (SSSR count). The van der Waals surface area contributed by atoms with Gasteiger partial charge >= 0.3 is 6.18 Å². The fourth-order valence-corrected chi connectivity index (χ4v) is 4.95. The van der Waals surface area contributed by atoms with Crippen molar-refractivity contribution in [1.82, 2.24) is 25.1 Å². The van der Waals surface area contributed by atoms with Gasteiger partial charge in [0.05, 0.1) is 22.4 Å². The summed E-state index contributed by atoms with van der Waals surface area (Å²) in [4.78, 5) is 39.0. The van der Waals surface area contributed by atoms with Gasteiger partial charge in [0, 0.05) is 44.4 Å². The van der Waals surface area contributed by atoms with Gasteiger partial charge in [-0.05, 0) is 58.2 Å². The first-order chi connectivity index (χ1) is 18.3. The van der Waals surface area contributed by atoms with Gasteiger partial charge in [-0.1, -0.05) is 24.6 Å². The van der Waals surface area contributed by atoms with Crippen LogP contribution in [0.25, 0.3) is 0 Å². The summed E-state index contributed by atoms with van der Waals surface area (Å²) < 4.78 is 38.9. The van der Waals surface area contributed by atoms with Crippen molar-refractivity contribution in [2.24, 2.45) is 5.41 Å². The van der Waals surface area contributed by atoms with Gasteiger partial charge < -0.3 is 20.4 Å². The molecule has 214 valence electrons. The van der Waals surface area contributed by atoms with Crippen molar-refractivity contribution in [3.8, 4) is 0 Å². The molecular formula is C27H36ClF3N6O2. The molecule has 0 spiro atoms. The van der Waals surface area contributed by atoms with Gasteiger partial charge in [0.2, 0.25) is 5.91 Å². The molecule has 0 aliphatic carbocycles. The van der Waals surface area contributed by atoms with Crippen LogP contribution in [0.15, 0.2) is 24.3 Å². The molecule has 1 aromatic carbocycles. The number of aryl methyl sites for hydroxylation is 1. The summed E-state index contributed by atoms with van der Waals surface area (Å²) >= 11 is 5.78. The molecule has 0 bridgehead atoms. The van der Waals surface area contributed by atoms with Crippen LogP contribution in [0.1, 0.15) is 36.0 Å². The van der Waals surface area contributed by atoms with Crippen LogP contribution in [-0.2, 0) is 28.6 Å². The number of amides is 1. The molecule has 2 heterocycles. The van der Waals surface area contributed by atoms with E-state index in [4.69, 9.17) is 11.6 Å². The number of ketones is 1. The van der Waals surface area contributed by atoms with E-state index in [0.717, 1.165) is 31.8 Å². The van der Waals surface area contributed by atoms with Crippen molar-refractivity contribution in [3.05, 3.63) is 51.9 Å². The lowest BCUT2D eigenvalue weighted by Crippen LogP contribution is -2.48. The normalized spacial score (nSPS) is 18.0. The molecule has 1 unspecified atom stereocenters. The minimum absolute atomic E-state index is 0.00387. The van der Waals surface area contributed by atoms with Crippen LogP contribution in [0, 0.1) is 12.3 Å². The Morgan fingerprint density at radius 2 is 1.92 bits per heavy atom. The van der Waals surface area contributed by atoms with Gasteiger partial charge in [0.1, 0.15) is 17.4 Å². The average molecular weight is 569 g/mol. The van der Waals surface area contributed by atoms with Crippen molar-refractivity contribution >= 4 is 29.1 Å². The zero-order chi connectivity index (χ0) is 28.8. The standard InChI is InChI=1S/C27H36ClF3N6O2/c1-5-37-10-8-26(17-37,25(39)32-9-11-36(3)4)16-33-23-12-18(2)34-24(35-23)15-20(38)13-19-6-7-21(22(28)14-19)27(29,30)31/h6-7,12,14H,5,8-11,13,15-17H2,1-4H3,(H,32,39)(H,33,34,35). The predicted octanol–water partition coefficient (Wildman–Crippen LogP) is 3.61. The molecule has 8 nitrogen and oxygen atoms in total. The fraction of sp³-hybridized carbons (Fsp3) is 0.556. The van der Waals surface area contributed by atoms with E-state index in [2.05, 4.69) is 32.4 Å². The molecule has 1 aliphatic rings. The topological polar surface area (TPSA) is 90.5 Å². The molecule has 0 saturated carbocycles. The lowest BCUT2D eigenvalue weighted by atomic mass is 9.85. The number of likely N-dealkylation sites (N-methyl/N-ethyl adjacent to an activating group) is 1. The van der Waals surface area contributed by atoms with Crippen molar-refractivity contribution in [2.75, 3.05) is 58.7 Å². The monoisotopic (exact) mass is 568 g/mol. The number of alkyl halides is 3. The van der Waals surface area contributed by atoms with Crippen molar-refractivity contribution in [3.63, 3.8) is 0 Å². The van der Waals surface area contributed by atoms with Crippen LogP contribution >= 0.6 is 11.6 Å². The summed E-state index contributed by atoms with van der Waals surface area (Å²) in [6.07, 6.45) is -4.03. The first kappa shape index (κ1) is 30.8. The van der Waals surface area contributed by atoms with E-state index in [9.17, 15) is 22.8 Å². The lowest BCUT2D eigenvalue weighted by molar-refractivity contribution is -0.137. The number of nitrogens with zero attached hydrogens (tertiary/aromatic N) is 4. The third-order valence-corrected chi connectivity index (χ3v) is 7.12.